The van der Waals surface area contributed by atoms with Gasteiger partial charge in [-0.1, -0.05) is 54.6 Å². The molecule has 0 aliphatic carbocycles. The average Bonchev–Trinajstić information content (AvgIpc) is 3.18. The molecule has 4 aromatic rings. The number of hydrogen-bond donors (Lipinski definition) is 1. The molecule has 31 heavy (non-hydrogen) atoms. The number of halogens is 1. The van der Waals surface area contributed by atoms with Crippen LogP contribution in [0.3, 0.4) is 0 Å². The summed E-state index contributed by atoms with van der Waals surface area (Å²) in [4.78, 5) is 25.5. The zero-order valence-electron chi connectivity index (χ0n) is 16.9. The number of anilines is 1. The largest absolute Gasteiger partial charge is 0.462 e. The topological polar surface area (TPSA) is 55.4 Å². The van der Waals surface area contributed by atoms with Gasteiger partial charge >= 0.3 is 5.97 Å². The molecular weight excluding hydrogens is 413 g/mol. The highest BCUT2D eigenvalue weighted by Gasteiger charge is 2.23. The van der Waals surface area contributed by atoms with Crippen molar-refractivity contribution in [2.45, 2.75) is 13.3 Å². The number of fused-ring (bicyclic) bond motifs is 1. The first-order chi connectivity index (χ1) is 15.1. The highest BCUT2D eigenvalue weighted by molar-refractivity contribution is 7.15. The fraction of sp³-hybridized carbons (Fsp3) is 0.120. The Kier molecular flexibility index (Phi) is 6.09. The molecule has 0 saturated heterocycles. The lowest BCUT2D eigenvalue weighted by Gasteiger charge is -2.10. The Morgan fingerprint density at radius 3 is 2.52 bits per heavy atom. The van der Waals surface area contributed by atoms with Crippen molar-refractivity contribution in [2.24, 2.45) is 0 Å². The first-order valence-corrected chi connectivity index (χ1v) is 10.8. The van der Waals surface area contributed by atoms with Crippen molar-refractivity contribution in [3.8, 4) is 11.1 Å². The van der Waals surface area contributed by atoms with Crippen LogP contribution in [0.2, 0.25) is 0 Å². The molecule has 0 atom stereocenters. The maximum atomic E-state index is 13.3. The quantitative estimate of drug-likeness (QED) is 0.376. The van der Waals surface area contributed by atoms with Crippen LogP contribution in [-0.2, 0) is 16.0 Å². The molecular formula is C25H20FNO3S. The molecule has 0 unspecified atom stereocenters. The number of thiophene rings is 1. The number of esters is 1. The highest BCUT2D eigenvalue weighted by Crippen LogP contribution is 2.36. The zero-order chi connectivity index (χ0) is 21.8. The second-order valence-electron chi connectivity index (χ2n) is 6.94. The number of carbonyl (C=O) groups is 2. The second-order valence-corrected chi connectivity index (χ2v) is 7.82. The first-order valence-electron chi connectivity index (χ1n) is 9.88. The minimum atomic E-state index is -0.525. The number of rotatable bonds is 6. The summed E-state index contributed by atoms with van der Waals surface area (Å²) >= 11 is 1.25. The molecule has 6 heteroatoms. The van der Waals surface area contributed by atoms with Gasteiger partial charge in [0.1, 0.15) is 16.4 Å². The van der Waals surface area contributed by atoms with Crippen LogP contribution in [-0.4, -0.2) is 18.5 Å². The summed E-state index contributed by atoms with van der Waals surface area (Å²) in [5, 5.41) is 7.14. The smallest absolute Gasteiger partial charge is 0.341 e. The maximum Gasteiger partial charge on any atom is 0.341 e. The Labute approximate surface area is 183 Å². The lowest BCUT2D eigenvalue weighted by molar-refractivity contribution is -0.115. The van der Waals surface area contributed by atoms with Crippen molar-refractivity contribution in [3.63, 3.8) is 0 Å². The summed E-state index contributed by atoms with van der Waals surface area (Å²) < 4.78 is 18.5. The van der Waals surface area contributed by atoms with Crippen molar-refractivity contribution in [1.29, 1.82) is 0 Å². The van der Waals surface area contributed by atoms with Crippen molar-refractivity contribution < 1.29 is 18.7 Å². The Morgan fingerprint density at radius 1 is 1.00 bits per heavy atom. The van der Waals surface area contributed by atoms with Crippen molar-refractivity contribution in [3.05, 3.63) is 89.1 Å². The Bertz CT molecular complexity index is 1240. The zero-order valence-corrected chi connectivity index (χ0v) is 17.7. The number of benzene rings is 3. The van der Waals surface area contributed by atoms with Gasteiger partial charge in [-0.25, -0.2) is 9.18 Å². The number of carbonyl (C=O) groups excluding carboxylic acids is 2. The molecule has 1 aromatic heterocycles. The summed E-state index contributed by atoms with van der Waals surface area (Å²) in [6.07, 6.45) is 0.174. The minimum absolute atomic E-state index is 0.174. The predicted octanol–water partition coefficient (Wildman–Crippen LogP) is 6.07. The fourth-order valence-electron chi connectivity index (χ4n) is 3.49. The normalized spacial score (nSPS) is 10.8. The summed E-state index contributed by atoms with van der Waals surface area (Å²) in [7, 11) is 0. The SMILES string of the molecule is CCOC(=O)c1c(-c2ccc(F)cc2)csc1NC(=O)Cc1cccc2ccccc12. The number of amides is 1. The van der Waals surface area contributed by atoms with Crippen LogP contribution < -0.4 is 5.32 Å². The Balaban J connectivity index is 1.63. The van der Waals surface area contributed by atoms with Crippen LogP contribution in [0.5, 0.6) is 0 Å². The van der Waals surface area contributed by atoms with E-state index in [1.807, 2.05) is 42.5 Å². The van der Waals surface area contributed by atoms with Crippen LogP contribution in [0.1, 0.15) is 22.8 Å². The summed E-state index contributed by atoms with van der Waals surface area (Å²) in [5.41, 5.74) is 2.47. The van der Waals surface area contributed by atoms with Gasteiger partial charge in [0.25, 0.3) is 0 Å². The lowest BCUT2D eigenvalue weighted by Crippen LogP contribution is -2.16. The third-order valence-electron chi connectivity index (χ3n) is 4.91. The van der Waals surface area contributed by atoms with Gasteiger partial charge < -0.3 is 10.1 Å². The van der Waals surface area contributed by atoms with Gasteiger partial charge in [0.15, 0.2) is 0 Å². The standard InChI is InChI=1S/C25H20FNO3S/c1-2-30-25(29)23-21(17-10-12-19(26)13-11-17)15-31-24(23)27-22(28)14-18-8-5-7-16-6-3-4-9-20(16)18/h3-13,15H,2,14H2,1H3,(H,27,28). The van der Waals surface area contributed by atoms with Crippen LogP contribution in [0.15, 0.2) is 72.1 Å². The van der Waals surface area contributed by atoms with E-state index in [-0.39, 0.29) is 30.3 Å². The monoisotopic (exact) mass is 433 g/mol. The van der Waals surface area contributed by atoms with E-state index < -0.39 is 5.97 Å². The molecule has 1 amide bonds. The molecule has 0 aliphatic rings. The van der Waals surface area contributed by atoms with Gasteiger partial charge in [-0.15, -0.1) is 11.3 Å². The molecule has 0 spiro atoms. The summed E-state index contributed by atoms with van der Waals surface area (Å²) in [5.74, 6) is -1.11. The van der Waals surface area contributed by atoms with E-state index in [2.05, 4.69) is 5.32 Å². The molecule has 4 nitrogen and oxygen atoms in total. The molecule has 4 rings (SSSR count). The summed E-state index contributed by atoms with van der Waals surface area (Å²) in [6, 6.07) is 19.6. The molecule has 3 aromatic carbocycles. The molecule has 1 N–H and O–H groups in total. The second kappa shape index (κ2) is 9.10. The highest BCUT2D eigenvalue weighted by atomic mass is 32.1. The van der Waals surface area contributed by atoms with Gasteiger partial charge in [-0.05, 0) is 41.0 Å². The number of nitrogens with one attached hydrogen (secondary N) is 1. The lowest BCUT2D eigenvalue weighted by atomic mass is 10.0. The average molecular weight is 434 g/mol. The minimum Gasteiger partial charge on any atom is -0.462 e. The van der Waals surface area contributed by atoms with Gasteiger partial charge in [0, 0.05) is 10.9 Å². The third kappa shape index (κ3) is 4.49. The molecule has 0 bridgehead atoms. The predicted molar refractivity (Wildman–Crippen MR) is 122 cm³/mol. The van der Waals surface area contributed by atoms with Gasteiger partial charge in [0.05, 0.1) is 13.0 Å². The van der Waals surface area contributed by atoms with E-state index in [0.29, 0.717) is 16.1 Å². The molecule has 0 fully saturated rings. The number of ether oxygens (including phenoxy) is 1. The van der Waals surface area contributed by atoms with E-state index in [4.69, 9.17) is 4.74 Å². The molecule has 0 radical (unpaired) electrons. The molecule has 0 saturated carbocycles. The van der Waals surface area contributed by atoms with E-state index >= 15 is 0 Å². The molecule has 0 aliphatic heterocycles. The van der Waals surface area contributed by atoms with Crippen LogP contribution in [0.4, 0.5) is 9.39 Å². The fourth-order valence-corrected chi connectivity index (χ4v) is 4.46. The van der Waals surface area contributed by atoms with Gasteiger partial charge in [-0.3, -0.25) is 4.79 Å². The van der Waals surface area contributed by atoms with E-state index in [0.717, 1.165) is 16.3 Å². The maximum absolute atomic E-state index is 13.3. The van der Waals surface area contributed by atoms with Crippen LogP contribution in [0, 0.1) is 5.82 Å². The molecule has 1 heterocycles. The van der Waals surface area contributed by atoms with E-state index in [9.17, 15) is 14.0 Å². The summed E-state index contributed by atoms with van der Waals surface area (Å²) in [6.45, 7) is 1.93. The Morgan fingerprint density at radius 2 is 1.74 bits per heavy atom. The Hall–Kier alpha value is -3.51. The van der Waals surface area contributed by atoms with Crippen LogP contribution in [0.25, 0.3) is 21.9 Å². The van der Waals surface area contributed by atoms with Gasteiger partial charge in [-0.2, -0.15) is 0 Å². The molecule has 156 valence electrons. The van der Waals surface area contributed by atoms with Crippen molar-refractivity contribution >= 4 is 39.0 Å². The third-order valence-corrected chi connectivity index (χ3v) is 5.81. The van der Waals surface area contributed by atoms with Crippen molar-refractivity contribution in [2.75, 3.05) is 11.9 Å². The van der Waals surface area contributed by atoms with E-state index in [1.54, 1.807) is 24.4 Å². The van der Waals surface area contributed by atoms with Gasteiger partial charge in [0.2, 0.25) is 5.91 Å². The van der Waals surface area contributed by atoms with E-state index in [1.165, 1.54) is 23.5 Å². The first kappa shape index (κ1) is 20.8. The van der Waals surface area contributed by atoms with Crippen LogP contribution >= 0.6 is 11.3 Å². The number of hydrogen-bond acceptors (Lipinski definition) is 4. The van der Waals surface area contributed by atoms with Crippen molar-refractivity contribution in [1.82, 2.24) is 0 Å².